The molecular formula is C25H29N5O2S. The average Bonchev–Trinajstić information content (AvgIpc) is 3.28. The van der Waals surface area contributed by atoms with Gasteiger partial charge in [0.1, 0.15) is 0 Å². The van der Waals surface area contributed by atoms with Crippen LogP contribution in [0.3, 0.4) is 0 Å². The number of carbonyl (C=O) groups is 1. The van der Waals surface area contributed by atoms with E-state index in [2.05, 4.69) is 45.0 Å². The highest BCUT2D eigenvalue weighted by atomic mass is 32.1. The second kappa shape index (κ2) is 9.72. The van der Waals surface area contributed by atoms with E-state index in [1.165, 1.54) is 23.9 Å². The van der Waals surface area contributed by atoms with Crippen molar-refractivity contribution < 1.29 is 9.53 Å². The van der Waals surface area contributed by atoms with Gasteiger partial charge in [-0.2, -0.15) is 0 Å². The van der Waals surface area contributed by atoms with Crippen LogP contribution in [0.15, 0.2) is 54.7 Å². The number of aromatic nitrogens is 2. The number of hydrogen-bond acceptors (Lipinski definition) is 4. The Balaban J connectivity index is 1.79. The molecule has 3 heterocycles. The number of rotatable bonds is 7. The lowest BCUT2D eigenvalue weighted by Gasteiger charge is -2.28. The van der Waals surface area contributed by atoms with Crippen molar-refractivity contribution in [2.45, 2.75) is 39.4 Å². The van der Waals surface area contributed by atoms with Gasteiger partial charge in [-0.25, -0.2) is 0 Å². The van der Waals surface area contributed by atoms with Crippen molar-refractivity contribution in [3.8, 4) is 0 Å². The quantitative estimate of drug-likeness (QED) is 0.510. The van der Waals surface area contributed by atoms with E-state index in [4.69, 9.17) is 17.0 Å². The number of amides is 1. The maximum atomic E-state index is 11.4. The van der Waals surface area contributed by atoms with Crippen LogP contribution in [0.5, 0.6) is 0 Å². The molecule has 172 valence electrons. The third kappa shape index (κ3) is 4.62. The third-order valence-electron chi connectivity index (χ3n) is 6.01. The zero-order valence-corrected chi connectivity index (χ0v) is 20.1. The van der Waals surface area contributed by atoms with E-state index in [1.807, 2.05) is 48.7 Å². The van der Waals surface area contributed by atoms with Gasteiger partial charge in [-0.05, 0) is 74.1 Å². The van der Waals surface area contributed by atoms with E-state index in [0.29, 0.717) is 11.7 Å². The fourth-order valence-electron chi connectivity index (χ4n) is 4.51. The van der Waals surface area contributed by atoms with Crippen LogP contribution < -0.4 is 15.5 Å². The minimum Gasteiger partial charge on any atom is -0.383 e. The second-order valence-electron chi connectivity index (χ2n) is 8.20. The normalized spacial score (nSPS) is 17.8. The molecule has 3 aromatic rings. The van der Waals surface area contributed by atoms with Crippen LogP contribution in [0.25, 0.3) is 0 Å². The van der Waals surface area contributed by atoms with Crippen LogP contribution in [0.1, 0.15) is 41.7 Å². The van der Waals surface area contributed by atoms with Gasteiger partial charge in [0, 0.05) is 49.5 Å². The first-order chi connectivity index (χ1) is 15.9. The Kier molecular flexibility index (Phi) is 6.76. The maximum absolute atomic E-state index is 11.4. The number of anilines is 2. The molecule has 33 heavy (non-hydrogen) atoms. The molecule has 1 aromatic carbocycles. The van der Waals surface area contributed by atoms with E-state index >= 15 is 0 Å². The smallest absolute Gasteiger partial charge is 0.221 e. The summed E-state index contributed by atoms with van der Waals surface area (Å²) >= 11 is 5.82. The van der Waals surface area contributed by atoms with E-state index in [9.17, 15) is 4.79 Å². The van der Waals surface area contributed by atoms with Crippen molar-refractivity contribution >= 4 is 34.6 Å². The fourth-order valence-corrected chi connectivity index (χ4v) is 4.86. The van der Waals surface area contributed by atoms with E-state index < -0.39 is 0 Å². The maximum Gasteiger partial charge on any atom is 0.221 e. The summed E-state index contributed by atoms with van der Waals surface area (Å²) in [5.41, 5.74) is 6.19. The topological polar surface area (TPSA) is 71.4 Å². The van der Waals surface area contributed by atoms with Crippen molar-refractivity contribution in [1.29, 1.82) is 0 Å². The molecule has 0 bridgehead atoms. The van der Waals surface area contributed by atoms with Gasteiger partial charge in [0.2, 0.25) is 5.91 Å². The number of hydrogen-bond donors (Lipinski definition) is 2. The zero-order valence-electron chi connectivity index (χ0n) is 19.3. The molecule has 0 radical (unpaired) electrons. The minimum atomic E-state index is -0.106. The lowest BCUT2D eigenvalue weighted by Crippen LogP contribution is -2.29. The molecular weight excluding hydrogens is 434 g/mol. The van der Waals surface area contributed by atoms with Gasteiger partial charge in [0.05, 0.1) is 24.4 Å². The van der Waals surface area contributed by atoms with Crippen molar-refractivity contribution in [3.05, 3.63) is 77.4 Å². The largest absolute Gasteiger partial charge is 0.383 e. The molecule has 2 N–H and O–H groups in total. The lowest BCUT2D eigenvalue weighted by molar-refractivity contribution is -0.114. The summed E-state index contributed by atoms with van der Waals surface area (Å²) in [6, 6.07) is 15.7. The summed E-state index contributed by atoms with van der Waals surface area (Å²) in [4.78, 5) is 18.2. The summed E-state index contributed by atoms with van der Waals surface area (Å²) in [5.74, 6) is -0.0994. The monoisotopic (exact) mass is 463 g/mol. The molecule has 0 spiro atoms. The van der Waals surface area contributed by atoms with Gasteiger partial charge < -0.3 is 24.8 Å². The number of nitrogens with zero attached hydrogens (tertiary/aromatic N) is 3. The number of aryl methyl sites for hydroxylation is 1. The van der Waals surface area contributed by atoms with Crippen LogP contribution in [-0.2, 0) is 16.1 Å². The molecule has 0 saturated carbocycles. The van der Waals surface area contributed by atoms with Gasteiger partial charge in [-0.15, -0.1) is 0 Å². The number of benzene rings is 1. The highest BCUT2D eigenvalue weighted by molar-refractivity contribution is 7.80. The first kappa shape index (κ1) is 22.9. The Morgan fingerprint density at radius 3 is 2.61 bits per heavy atom. The highest BCUT2D eigenvalue weighted by Gasteiger charge is 2.42. The molecule has 2 aromatic heterocycles. The molecule has 1 aliphatic rings. The predicted molar refractivity (Wildman–Crippen MR) is 134 cm³/mol. The van der Waals surface area contributed by atoms with E-state index in [-0.39, 0.29) is 18.0 Å². The number of methoxy groups -OCH3 is 1. The SMILES string of the molecule is COCCn1c(C)cc([C@H]2[C@H](c3ccccn3)NC(=S)N2c2ccc(NC(C)=O)cc2)c1C. The molecule has 2 atom stereocenters. The Labute approximate surface area is 199 Å². The summed E-state index contributed by atoms with van der Waals surface area (Å²) in [6.07, 6.45) is 1.81. The summed E-state index contributed by atoms with van der Waals surface area (Å²) in [5, 5.41) is 6.97. The average molecular weight is 464 g/mol. The fraction of sp³-hybridized carbons (Fsp3) is 0.320. The second-order valence-corrected chi connectivity index (χ2v) is 8.58. The van der Waals surface area contributed by atoms with Gasteiger partial charge in [0.15, 0.2) is 5.11 Å². The molecule has 0 aliphatic carbocycles. The molecule has 4 rings (SSSR count). The van der Waals surface area contributed by atoms with Gasteiger partial charge in [0.25, 0.3) is 0 Å². The van der Waals surface area contributed by atoms with Crippen molar-refractivity contribution in [2.24, 2.45) is 0 Å². The van der Waals surface area contributed by atoms with Crippen molar-refractivity contribution in [3.63, 3.8) is 0 Å². The van der Waals surface area contributed by atoms with Crippen LogP contribution in [0.4, 0.5) is 11.4 Å². The van der Waals surface area contributed by atoms with Gasteiger partial charge in [-0.3, -0.25) is 9.78 Å². The Hall–Kier alpha value is -3.23. The van der Waals surface area contributed by atoms with Crippen LogP contribution >= 0.6 is 12.2 Å². The summed E-state index contributed by atoms with van der Waals surface area (Å²) < 4.78 is 7.61. The number of carbonyl (C=O) groups excluding carboxylic acids is 1. The molecule has 1 aliphatic heterocycles. The molecule has 1 amide bonds. The Morgan fingerprint density at radius 2 is 1.97 bits per heavy atom. The molecule has 8 heteroatoms. The third-order valence-corrected chi connectivity index (χ3v) is 6.33. The van der Waals surface area contributed by atoms with Crippen molar-refractivity contribution in [2.75, 3.05) is 23.9 Å². The van der Waals surface area contributed by atoms with Gasteiger partial charge >= 0.3 is 0 Å². The van der Waals surface area contributed by atoms with Gasteiger partial charge in [-0.1, -0.05) is 6.07 Å². The Bertz CT molecular complexity index is 1140. The standard InChI is InChI=1S/C25H29N5O2S/c1-16-15-21(17(2)29(16)13-14-32-4)24-23(22-7-5-6-12-26-22)28-25(33)30(24)20-10-8-19(9-11-20)27-18(3)31/h5-12,15,23-24H,13-14H2,1-4H3,(H,27,31)(H,28,33)/t23-,24-/m0/s1. The highest BCUT2D eigenvalue weighted by Crippen LogP contribution is 2.43. The molecule has 1 fully saturated rings. The summed E-state index contributed by atoms with van der Waals surface area (Å²) in [7, 11) is 1.72. The zero-order chi connectivity index (χ0) is 23.5. The minimum absolute atomic E-state index is 0.0819. The number of thiocarbonyl (C=S) groups is 1. The first-order valence-corrected chi connectivity index (χ1v) is 11.4. The van der Waals surface area contributed by atoms with Crippen LogP contribution in [0.2, 0.25) is 0 Å². The predicted octanol–water partition coefficient (Wildman–Crippen LogP) is 4.28. The first-order valence-electron chi connectivity index (χ1n) is 10.9. The number of pyridine rings is 1. The van der Waals surface area contributed by atoms with E-state index in [0.717, 1.165) is 23.6 Å². The number of ether oxygens (including phenoxy) is 1. The molecule has 1 saturated heterocycles. The molecule has 0 unspecified atom stereocenters. The Morgan fingerprint density at radius 1 is 1.21 bits per heavy atom. The number of nitrogens with one attached hydrogen (secondary N) is 2. The lowest BCUT2D eigenvalue weighted by atomic mass is 9.96. The van der Waals surface area contributed by atoms with Crippen molar-refractivity contribution in [1.82, 2.24) is 14.9 Å². The van der Waals surface area contributed by atoms with Crippen LogP contribution in [-0.4, -0.2) is 34.3 Å². The van der Waals surface area contributed by atoms with E-state index in [1.54, 1.807) is 7.11 Å². The van der Waals surface area contributed by atoms with Crippen LogP contribution in [0, 0.1) is 13.8 Å². The molecule has 7 nitrogen and oxygen atoms in total. The summed E-state index contributed by atoms with van der Waals surface area (Å²) in [6.45, 7) is 7.20.